The van der Waals surface area contributed by atoms with Crippen molar-refractivity contribution in [3.8, 4) is 0 Å². The summed E-state index contributed by atoms with van der Waals surface area (Å²) in [7, 11) is 0. The van der Waals surface area contributed by atoms with E-state index in [4.69, 9.17) is 0 Å². The first-order valence-electron chi connectivity index (χ1n) is 7.77. The van der Waals surface area contributed by atoms with Crippen molar-refractivity contribution in [1.29, 1.82) is 0 Å². The Kier molecular flexibility index (Phi) is 9.66. The van der Waals surface area contributed by atoms with Crippen molar-refractivity contribution in [3.63, 3.8) is 0 Å². The third-order valence-electron chi connectivity index (χ3n) is 3.27. The lowest BCUT2D eigenvalue weighted by Gasteiger charge is -2.34. The van der Waals surface area contributed by atoms with Gasteiger partial charge in [0.2, 0.25) is 0 Å². The largest absolute Gasteiger partial charge is 0.338 e. The van der Waals surface area contributed by atoms with Gasteiger partial charge in [-0.05, 0) is 32.6 Å². The van der Waals surface area contributed by atoms with E-state index in [0.29, 0.717) is 18.0 Å². The predicted octanol–water partition coefficient (Wildman–Crippen LogP) is 2.84. The molecule has 0 atom stereocenters. The first kappa shape index (κ1) is 18.2. The summed E-state index contributed by atoms with van der Waals surface area (Å²) in [5, 5.41) is 5.96. The van der Waals surface area contributed by atoms with Crippen molar-refractivity contribution >= 4 is 6.03 Å². The summed E-state index contributed by atoms with van der Waals surface area (Å²) in [6.07, 6.45) is 2.13. The second-order valence-corrected chi connectivity index (χ2v) is 5.65. The highest BCUT2D eigenvalue weighted by atomic mass is 16.2. The van der Waals surface area contributed by atoms with Crippen molar-refractivity contribution in [3.05, 3.63) is 0 Å². The van der Waals surface area contributed by atoms with Crippen LogP contribution in [-0.4, -0.2) is 42.6 Å². The lowest BCUT2D eigenvalue weighted by atomic mass is 10.0. The molecule has 0 aliphatic carbocycles. The van der Waals surface area contributed by atoms with Crippen molar-refractivity contribution in [2.75, 3.05) is 19.6 Å². The molecular weight excluding hydrogens is 238 g/mol. The molecule has 114 valence electrons. The Morgan fingerprint density at radius 2 is 1.68 bits per heavy atom. The van der Waals surface area contributed by atoms with Gasteiger partial charge in [0.25, 0.3) is 0 Å². The van der Waals surface area contributed by atoms with E-state index in [1.54, 1.807) is 0 Å². The molecule has 0 aromatic carbocycles. The van der Waals surface area contributed by atoms with E-state index < -0.39 is 0 Å². The zero-order valence-electron chi connectivity index (χ0n) is 13.6. The Hall–Kier alpha value is -0.770. The van der Waals surface area contributed by atoms with Gasteiger partial charge in [0.05, 0.1) is 0 Å². The molecule has 1 saturated heterocycles. The molecular formula is C15H33N3O. The maximum Gasteiger partial charge on any atom is 0.315 e. The van der Waals surface area contributed by atoms with Crippen molar-refractivity contribution in [2.45, 2.75) is 66.5 Å². The van der Waals surface area contributed by atoms with Crippen LogP contribution >= 0.6 is 0 Å². The fraction of sp³-hybridized carbons (Fsp3) is 0.933. The van der Waals surface area contributed by atoms with Crippen LogP contribution in [0.1, 0.15) is 54.4 Å². The fourth-order valence-corrected chi connectivity index (χ4v) is 2.09. The van der Waals surface area contributed by atoms with E-state index in [0.717, 1.165) is 32.5 Å². The maximum atomic E-state index is 11.6. The van der Waals surface area contributed by atoms with Crippen LogP contribution in [0.4, 0.5) is 4.79 Å². The summed E-state index contributed by atoms with van der Waals surface area (Å²) < 4.78 is 0. The average Bonchev–Trinajstić information content (AvgIpc) is 2.39. The van der Waals surface area contributed by atoms with Gasteiger partial charge in [0, 0.05) is 31.7 Å². The highest BCUT2D eigenvalue weighted by Crippen LogP contribution is 2.12. The molecule has 1 aliphatic heterocycles. The molecule has 0 aromatic heterocycles. The zero-order valence-corrected chi connectivity index (χ0v) is 13.6. The average molecular weight is 271 g/mol. The molecule has 0 bridgehead atoms. The van der Waals surface area contributed by atoms with Crippen LogP contribution in [-0.2, 0) is 0 Å². The topological polar surface area (TPSA) is 44.4 Å². The maximum absolute atomic E-state index is 11.6. The van der Waals surface area contributed by atoms with E-state index in [1.165, 1.54) is 0 Å². The molecule has 1 heterocycles. The summed E-state index contributed by atoms with van der Waals surface area (Å²) in [5.74, 6) is 0.503. The van der Waals surface area contributed by atoms with Crippen molar-refractivity contribution in [2.24, 2.45) is 5.92 Å². The van der Waals surface area contributed by atoms with Gasteiger partial charge in [0.1, 0.15) is 0 Å². The number of piperidine rings is 1. The summed E-state index contributed by atoms with van der Waals surface area (Å²) in [4.78, 5) is 14.1. The number of rotatable bonds is 4. The van der Waals surface area contributed by atoms with Crippen molar-refractivity contribution < 1.29 is 4.79 Å². The van der Waals surface area contributed by atoms with Crippen LogP contribution in [0.2, 0.25) is 0 Å². The second-order valence-electron chi connectivity index (χ2n) is 5.65. The Bertz CT molecular complexity index is 234. The minimum atomic E-state index is -0.0123. The van der Waals surface area contributed by atoms with Crippen LogP contribution < -0.4 is 10.6 Å². The molecule has 4 nitrogen and oxygen atoms in total. The van der Waals surface area contributed by atoms with Crippen LogP contribution in [0.15, 0.2) is 0 Å². The molecule has 0 aromatic rings. The third-order valence-corrected chi connectivity index (χ3v) is 3.27. The van der Waals surface area contributed by atoms with Crippen LogP contribution in [0.5, 0.6) is 0 Å². The normalized spacial score (nSPS) is 17.1. The van der Waals surface area contributed by atoms with Gasteiger partial charge in [-0.25, -0.2) is 4.79 Å². The van der Waals surface area contributed by atoms with Gasteiger partial charge in [-0.15, -0.1) is 0 Å². The van der Waals surface area contributed by atoms with Gasteiger partial charge in [0.15, 0.2) is 0 Å². The molecule has 19 heavy (non-hydrogen) atoms. The monoisotopic (exact) mass is 271 g/mol. The lowest BCUT2D eigenvalue weighted by Crippen LogP contribution is -2.49. The number of urea groups is 1. The molecule has 2 N–H and O–H groups in total. The Morgan fingerprint density at radius 1 is 1.16 bits per heavy atom. The standard InChI is InChI=1S/C13H27N3O.C2H6/c1-10(2)9-14-13(17)15-12-5-7-16(8-6-12)11(3)4;1-2/h10-12H,5-9H2,1-4H3,(H2,14,15,17);1-2H3. The smallest absolute Gasteiger partial charge is 0.315 e. The molecule has 0 radical (unpaired) electrons. The molecule has 0 spiro atoms. The lowest BCUT2D eigenvalue weighted by molar-refractivity contribution is 0.161. The van der Waals surface area contributed by atoms with Gasteiger partial charge < -0.3 is 15.5 Å². The van der Waals surface area contributed by atoms with Crippen LogP contribution in [0, 0.1) is 5.92 Å². The highest BCUT2D eigenvalue weighted by Gasteiger charge is 2.21. The molecule has 2 amide bonds. The number of carbonyl (C=O) groups excluding carboxylic acids is 1. The van der Waals surface area contributed by atoms with Crippen molar-refractivity contribution in [1.82, 2.24) is 15.5 Å². The number of amides is 2. The van der Waals surface area contributed by atoms with Crippen LogP contribution in [0.25, 0.3) is 0 Å². The Balaban J connectivity index is 0.00000154. The fourth-order valence-electron chi connectivity index (χ4n) is 2.09. The molecule has 0 saturated carbocycles. The zero-order chi connectivity index (χ0) is 14.8. The summed E-state index contributed by atoms with van der Waals surface area (Å²) in [5.41, 5.74) is 0. The number of carbonyl (C=O) groups is 1. The Labute approximate surface area is 119 Å². The van der Waals surface area contributed by atoms with E-state index in [2.05, 4.69) is 43.2 Å². The minimum Gasteiger partial charge on any atom is -0.338 e. The van der Waals surface area contributed by atoms with Crippen LogP contribution in [0.3, 0.4) is 0 Å². The van der Waals surface area contributed by atoms with Gasteiger partial charge in [-0.3, -0.25) is 0 Å². The highest BCUT2D eigenvalue weighted by molar-refractivity contribution is 5.74. The summed E-state index contributed by atoms with van der Waals surface area (Å²) in [6.45, 7) is 15.6. The van der Waals surface area contributed by atoms with Gasteiger partial charge in [-0.2, -0.15) is 0 Å². The number of hydrogen-bond acceptors (Lipinski definition) is 2. The van der Waals surface area contributed by atoms with Gasteiger partial charge >= 0.3 is 6.03 Å². The number of nitrogens with one attached hydrogen (secondary N) is 2. The van der Waals surface area contributed by atoms with E-state index >= 15 is 0 Å². The predicted molar refractivity (Wildman–Crippen MR) is 82.5 cm³/mol. The van der Waals surface area contributed by atoms with E-state index in [-0.39, 0.29) is 6.03 Å². The number of hydrogen-bond donors (Lipinski definition) is 2. The quantitative estimate of drug-likeness (QED) is 0.826. The Morgan fingerprint density at radius 3 is 2.11 bits per heavy atom. The SMILES string of the molecule is CC.CC(C)CNC(=O)NC1CCN(C(C)C)CC1. The van der Waals surface area contributed by atoms with Gasteiger partial charge in [-0.1, -0.05) is 27.7 Å². The summed E-state index contributed by atoms with van der Waals surface area (Å²) in [6, 6.07) is 0.949. The summed E-state index contributed by atoms with van der Waals surface area (Å²) >= 11 is 0. The molecule has 0 unspecified atom stereocenters. The minimum absolute atomic E-state index is 0.0123. The molecule has 1 rings (SSSR count). The first-order valence-corrected chi connectivity index (χ1v) is 7.77. The number of likely N-dealkylation sites (tertiary alicyclic amines) is 1. The van der Waals surface area contributed by atoms with E-state index in [1.807, 2.05) is 13.8 Å². The first-order chi connectivity index (χ1) is 8.99. The molecule has 4 heteroatoms. The van der Waals surface area contributed by atoms with E-state index in [9.17, 15) is 4.79 Å². The third kappa shape index (κ3) is 8.09. The second kappa shape index (κ2) is 10.1. The number of nitrogens with zero attached hydrogens (tertiary/aromatic N) is 1. The molecule has 1 fully saturated rings. The molecule has 1 aliphatic rings.